The van der Waals surface area contributed by atoms with E-state index in [4.69, 9.17) is 5.73 Å². The van der Waals surface area contributed by atoms with Gasteiger partial charge in [-0.2, -0.15) is 13.2 Å². The minimum Gasteiger partial charge on any atom is -0.452 e. The fourth-order valence-electron chi connectivity index (χ4n) is 4.03. The molecule has 0 radical (unpaired) electrons. The second-order valence-corrected chi connectivity index (χ2v) is 8.93. The summed E-state index contributed by atoms with van der Waals surface area (Å²) in [4.78, 5) is 18.5. The third-order valence-corrected chi connectivity index (χ3v) is 6.11. The normalized spacial score (nSPS) is 25.4. The maximum absolute atomic E-state index is 14.7. The number of amides is 1. The van der Waals surface area contributed by atoms with E-state index in [0.717, 1.165) is 24.5 Å². The van der Waals surface area contributed by atoms with Gasteiger partial charge in [0.1, 0.15) is 5.82 Å². The quantitative estimate of drug-likeness (QED) is 0.548. The first kappa shape index (κ1) is 23.1. The van der Waals surface area contributed by atoms with Crippen molar-refractivity contribution in [2.75, 3.05) is 13.1 Å². The fraction of sp³-hybridized carbons (Fsp3) is 0.500. The Labute approximate surface area is 189 Å². The molecule has 1 aliphatic carbocycles. The van der Waals surface area contributed by atoms with Crippen molar-refractivity contribution >= 4 is 11.9 Å². The Kier molecular flexibility index (Phi) is 6.12. The van der Waals surface area contributed by atoms with E-state index in [-0.39, 0.29) is 17.9 Å². The highest BCUT2D eigenvalue weighted by molar-refractivity contribution is 5.79. The molecule has 1 aromatic rings. The molecule has 176 valence electrons. The molecule has 2 heterocycles. The molecule has 2 N–H and O–H groups in total. The van der Waals surface area contributed by atoms with E-state index in [9.17, 15) is 22.4 Å². The van der Waals surface area contributed by atoms with Gasteiger partial charge in [-0.3, -0.25) is 4.79 Å². The summed E-state index contributed by atoms with van der Waals surface area (Å²) in [6, 6.07) is 3.36. The Bertz CT molecular complexity index is 1070. The first-order valence-electron chi connectivity index (χ1n) is 10.9. The number of nitrogens with zero attached hydrogens (tertiary/aromatic N) is 2. The molecule has 0 saturated heterocycles. The number of rotatable bonds is 3. The molecule has 4 rings (SSSR count). The first-order valence-corrected chi connectivity index (χ1v) is 10.9. The van der Waals surface area contributed by atoms with Crippen molar-refractivity contribution in [1.82, 2.24) is 4.90 Å². The number of carbonyl (C=O) groups is 1. The van der Waals surface area contributed by atoms with Crippen molar-refractivity contribution in [3.8, 4) is 11.8 Å². The molecule has 0 aromatic heterocycles. The largest absolute Gasteiger partial charge is 0.452 e. The Hall–Kier alpha value is -3.02. The summed E-state index contributed by atoms with van der Waals surface area (Å²) < 4.78 is 59.1. The van der Waals surface area contributed by atoms with Crippen LogP contribution in [0.4, 0.5) is 17.6 Å². The molecule has 1 saturated carbocycles. The number of ether oxygens (including phenoxy) is 1. The number of amidine groups is 1. The zero-order valence-corrected chi connectivity index (χ0v) is 18.2. The van der Waals surface area contributed by atoms with Crippen molar-refractivity contribution in [3.63, 3.8) is 0 Å². The monoisotopic (exact) mass is 463 g/mol. The summed E-state index contributed by atoms with van der Waals surface area (Å²) >= 11 is 0. The Morgan fingerprint density at radius 3 is 2.76 bits per heavy atom. The summed E-state index contributed by atoms with van der Waals surface area (Å²) in [6.07, 6.45) is -2.53. The van der Waals surface area contributed by atoms with Crippen LogP contribution in [0.1, 0.15) is 43.7 Å². The van der Waals surface area contributed by atoms with Crippen LogP contribution in [0.3, 0.4) is 0 Å². The lowest BCUT2D eigenvalue weighted by Crippen LogP contribution is -2.46. The highest BCUT2D eigenvalue weighted by Gasteiger charge is 2.50. The maximum Gasteiger partial charge on any atom is 0.425 e. The molecule has 1 aromatic carbocycles. The zero-order valence-electron chi connectivity index (χ0n) is 18.2. The number of hydrogen-bond donors (Lipinski definition) is 1. The Morgan fingerprint density at radius 1 is 1.36 bits per heavy atom. The summed E-state index contributed by atoms with van der Waals surface area (Å²) in [5, 5.41) is 0. The number of hydrogen-bond acceptors (Lipinski definition) is 4. The topological polar surface area (TPSA) is 67.9 Å². The highest BCUT2D eigenvalue weighted by Crippen LogP contribution is 2.41. The predicted molar refractivity (Wildman–Crippen MR) is 114 cm³/mol. The van der Waals surface area contributed by atoms with Crippen LogP contribution in [0.5, 0.6) is 0 Å². The van der Waals surface area contributed by atoms with E-state index in [2.05, 4.69) is 21.6 Å². The number of alkyl halides is 3. The van der Waals surface area contributed by atoms with Crippen LogP contribution in [0.25, 0.3) is 0 Å². The number of aliphatic imine (C=N–C) groups is 1. The smallest absolute Gasteiger partial charge is 0.425 e. The van der Waals surface area contributed by atoms with Gasteiger partial charge in [-0.25, -0.2) is 9.38 Å². The first-order chi connectivity index (χ1) is 15.5. The van der Waals surface area contributed by atoms with Crippen molar-refractivity contribution in [2.45, 2.75) is 56.8 Å². The third kappa shape index (κ3) is 5.49. The number of halogens is 4. The second-order valence-electron chi connectivity index (χ2n) is 8.93. The van der Waals surface area contributed by atoms with Crippen LogP contribution >= 0.6 is 0 Å². The minimum absolute atomic E-state index is 0.00131. The van der Waals surface area contributed by atoms with Crippen molar-refractivity contribution in [2.24, 2.45) is 16.6 Å². The molecule has 1 amide bonds. The van der Waals surface area contributed by atoms with Crippen LogP contribution in [0.2, 0.25) is 0 Å². The second kappa shape index (κ2) is 8.73. The van der Waals surface area contributed by atoms with Crippen LogP contribution in [-0.4, -0.2) is 42.2 Å². The van der Waals surface area contributed by atoms with Gasteiger partial charge < -0.3 is 15.4 Å². The molecular formula is C24H25F4N3O2. The summed E-state index contributed by atoms with van der Waals surface area (Å²) in [6.45, 7) is 2.37. The average Bonchev–Trinajstić information content (AvgIpc) is 3.57. The van der Waals surface area contributed by atoms with E-state index >= 15 is 0 Å². The van der Waals surface area contributed by atoms with E-state index in [0.29, 0.717) is 31.0 Å². The van der Waals surface area contributed by atoms with E-state index < -0.39 is 36.1 Å². The zero-order chi connectivity index (χ0) is 23.8. The number of carbonyl (C=O) groups excluding carboxylic acids is 1. The van der Waals surface area contributed by atoms with Gasteiger partial charge in [0.15, 0.2) is 6.10 Å². The van der Waals surface area contributed by atoms with Gasteiger partial charge in [-0.1, -0.05) is 24.0 Å². The van der Waals surface area contributed by atoms with Gasteiger partial charge in [0.2, 0.25) is 5.91 Å². The van der Waals surface area contributed by atoms with Crippen molar-refractivity contribution in [3.05, 3.63) is 46.8 Å². The Morgan fingerprint density at radius 2 is 2.12 bits per heavy atom. The third-order valence-electron chi connectivity index (χ3n) is 6.11. The molecule has 2 atom stereocenters. The minimum atomic E-state index is -4.67. The molecule has 0 unspecified atom stereocenters. The molecular weight excluding hydrogens is 438 g/mol. The van der Waals surface area contributed by atoms with E-state index in [1.165, 1.54) is 19.1 Å². The average molecular weight is 463 g/mol. The molecule has 5 nitrogen and oxygen atoms in total. The molecule has 1 fully saturated rings. The van der Waals surface area contributed by atoms with E-state index in [1.807, 2.05) is 6.08 Å². The summed E-state index contributed by atoms with van der Waals surface area (Å²) in [5.41, 5.74) is 5.39. The molecule has 0 spiro atoms. The Balaban J connectivity index is 1.48. The lowest BCUT2D eigenvalue weighted by Gasteiger charge is -2.36. The molecule has 2 aliphatic heterocycles. The summed E-state index contributed by atoms with van der Waals surface area (Å²) in [7, 11) is 0. The van der Waals surface area contributed by atoms with E-state index in [1.54, 1.807) is 4.90 Å². The lowest BCUT2D eigenvalue weighted by atomic mass is 9.84. The van der Waals surface area contributed by atoms with Crippen LogP contribution < -0.4 is 5.73 Å². The van der Waals surface area contributed by atoms with Crippen LogP contribution in [0.15, 0.2) is 34.8 Å². The molecule has 3 aliphatic rings. The van der Waals surface area contributed by atoms with Crippen molar-refractivity contribution < 1.29 is 27.1 Å². The molecule has 0 bridgehead atoms. The fourth-order valence-corrected chi connectivity index (χ4v) is 4.03. The van der Waals surface area contributed by atoms with Gasteiger partial charge >= 0.3 is 6.18 Å². The predicted octanol–water partition coefficient (Wildman–Crippen LogP) is 3.82. The number of nitrogens with two attached hydrogens (primary N) is 1. The van der Waals surface area contributed by atoms with Gasteiger partial charge in [-0.05, 0) is 43.9 Å². The van der Waals surface area contributed by atoms with Crippen molar-refractivity contribution in [1.29, 1.82) is 0 Å². The van der Waals surface area contributed by atoms with Gasteiger partial charge in [0.25, 0.3) is 6.02 Å². The molecule has 9 heteroatoms. The molecule has 33 heavy (non-hydrogen) atoms. The number of benzene rings is 1. The van der Waals surface area contributed by atoms with Crippen LogP contribution in [0, 0.1) is 23.6 Å². The van der Waals surface area contributed by atoms with Crippen LogP contribution in [-0.2, 0) is 21.5 Å². The standard InChI is InChI=1S/C24H25F4N3O2/c1-23(14-20(24(26,27)28)33-22(29)30-23)18-12-17(6-7-19(18)25)13-21(32)31-10-8-16(9-11-31)5-4-15-2-3-15/h6-8,12,15,20H,2-3,9-11,13-14H2,1H3,(H2,29,30)/t20-,23-/m0/s1. The SMILES string of the molecule is C[C@@]1(c2cc(CC(=O)N3CC=C(C#CC4CC4)CC3)ccc2F)C[C@@H](C(F)(F)F)OC(N)=N1. The van der Waals surface area contributed by atoms with Gasteiger partial charge in [-0.15, -0.1) is 0 Å². The van der Waals surface area contributed by atoms with Gasteiger partial charge in [0, 0.05) is 36.6 Å². The summed E-state index contributed by atoms with van der Waals surface area (Å²) in [5.74, 6) is 6.05. The lowest BCUT2D eigenvalue weighted by molar-refractivity contribution is -0.208. The maximum atomic E-state index is 14.7. The van der Waals surface area contributed by atoms with Gasteiger partial charge in [0.05, 0.1) is 12.0 Å². The highest BCUT2D eigenvalue weighted by atomic mass is 19.4.